The molecule has 1 aromatic carbocycles. The predicted molar refractivity (Wildman–Crippen MR) is 106 cm³/mol. The van der Waals surface area contributed by atoms with Gasteiger partial charge in [-0.2, -0.15) is 15.5 Å². The number of hydrogen-bond acceptors (Lipinski definition) is 5. The predicted octanol–water partition coefficient (Wildman–Crippen LogP) is 4.28. The molecule has 1 aromatic rings. The van der Waals surface area contributed by atoms with Crippen LogP contribution in [-0.2, 0) is 10.3 Å². The number of morpholine rings is 1. The van der Waals surface area contributed by atoms with Gasteiger partial charge in [-0.25, -0.2) is 0 Å². The Balaban J connectivity index is 1.65. The quantitative estimate of drug-likeness (QED) is 0.740. The highest BCUT2D eigenvalue weighted by atomic mass is 16.5. The molecule has 0 unspecified atom stereocenters. The molecule has 2 aliphatic heterocycles. The van der Waals surface area contributed by atoms with Crippen LogP contribution in [0.5, 0.6) is 0 Å². The van der Waals surface area contributed by atoms with E-state index in [0.717, 1.165) is 18.8 Å². The lowest BCUT2D eigenvalue weighted by Gasteiger charge is -2.41. The van der Waals surface area contributed by atoms with Gasteiger partial charge >= 0.3 is 0 Å². The van der Waals surface area contributed by atoms with Gasteiger partial charge in [-0.15, -0.1) is 0 Å². The van der Waals surface area contributed by atoms with Gasteiger partial charge in [0.2, 0.25) is 0 Å². The summed E-state index contributed by atoms with van der Waals surface area (Å²) in [6.07, 6.45) is 5.76. The Morgan fingerprint density at radius 1 is 1.14 bits per heavy atom. The minimum absolute atomic E-state index is 0.175. The van der Waals surface area contributed by atoms with E-state index in [4.69, 9.17) is 15.0 Å². The van der Waals surface area contributed by atoms with Gasteiger partial charge in [0.15, 0.2) is 0 Å². The fourth-order valence-corrected chi connectivity index (χ4v) is 6.63. The van der Waals surface area contributed by atoms with Crippen LogP contribution >= 0.6 is 0 Å². The Labute approximate surface area is 167 Å². The molecule has 0 radical (unpaired) electrons. The van der Waals surface area contributed by atoms with E-state index in [0.29, 0.717) is 25.0 Å². The van der Waals surface area contributed by atoms with Crippen molar-refractivity contribution in [1.29, 1.82) is 5.26 Å². The third-order valence-electron chi connectivity index (χ3n) is 7.98. The Hall–Kier alpha value is -2.19. The highest BCUT2D eigenvalue weighted by Crippen LogP contribution is 2.74. The number of fused-ring (bicyclic) bond motifs is 5. The van der Waals surface area contributed by atoms with Crippen molar-refractivity contribution in [3.05, 3.63) is 47.7 Å². The lowest BCUT2D eigenvalue weighted by Crippen LogP contribution is -2.46. The lowest BCUT2D eigenvalue weighted by atomic mass is 9.63. The first-order valence-electron chi connectivity index (χ1n) is 10.5. The van der Waals surface area contributed by atoms with E-state index in [1.54, 1.807) is 0 Å². The summed E-state index contributed by atoms with van der Waals surface area (Å²) in [4.78, 5) is 2.16. The number of hydrogen-bond donors (Lipinski definition) is 0. The molecule has 0 N–H and O–H groups in total. The summed E-state index contributed by atoms with van der Waals surface area (Å²) in [5, 5.41) is 20.0. The highest BCUT2D eigenvalue weighted by molar-refractivity contribution is 5.44. The number of benzene rings is 1. The Morgan fingerprint density at radius 2 is 1.86 bits per heavy atom. The van der Waals surface area contributed by atoms with Gasteiger partial charge in [0.1, 0.15) is 22.8 Å². The monoisotopic (exact) mass is 376 g/mol. The molecule has 2 bridgehead atoms. The molecule has 5 heteroatoms. The van der Waals surface area contributed by atoms with Crippen LogP contribution in [0.25, 0.3) is 0 Å². The van der Waals surface area contributed by atoms with E-state index in [-0.39, 0.29) is 11.0 Å². The molecule has 146 valence electrons. The fraction of sp³-hybridized carbons (Fsp3) is 0.609. The first kappa shape index (κ1) is 17.9. The molecule has 2 aliphatic carbocycles. The first-order valence-corrected chi connectivity index (χ1v) is 10.5. The van der Waals surface area contributed by atoms with Crippen molar-refractivity contribution in [2.45, 2.75) is 44.2 Å². The van der Waals surface area contributed by atoms with E-state index in [1.165, 1.54) is 24.8 Å². The molecule has 1 saturated heterocycles. The second kappa shape index (κ2) is 6.15. The smallest absolute Gasteiger partial charge is 0.117 e. The van der Waals surface area contributed by atoms with Gasteiger partial charge in [-0.3, -0.25) is 0 Å². The molecule has 0 amide bonds. The molecular weight excluding hydrogens is 348 g/mol. The molecular formula is C23H28N4O. The Kier molecular flexibility index (Phi) is 3.93. The minimum Gasteiger partial charge on any atom is -0.378 e. The standard InChI is InChI=1S/C23H28N4O/c1-21(2)22(15-18(16-24)27-11-13-28-14-12-27)19-9-6-10-20(19)23(21,26-25-22)17-7-4-3-5-8-17/h3-5,7-8,15,19-20H,6,9-14H2,1-2H3/b18-15+/t19-,20+,22+,23+/m1/s1. The summed E-state index contributed by atoms with van der Waals surface area (Å²) in [6.45, 7) is 7.54. The Morgan fingerprint density at radius 3 is 2.57 bits per heavy atom. The van der Waals surface area contributed by atoms with Crippen molar-refractivity contribution >= 4 is 0 Å². The van der Waals surface area contributed by atoms with Crippen LogP contribution < -0.4 is 0 Å². The van der Waals surface area contributed by atoms with Gasteiger partial charge in [0.05, 0.1) is 13.2 Å². The minimum atomic E-state index is -0.409. The summed E-state index contributed by atoms with van der Waals surface area (Å²) in [7, 11) is 0. The van der Waals surface area contributed by atoms with Crippen molar-refractivity contribution in [2.75, 3.05) is 26.3 Å². The molecule has 4 atom stereocenters. The number of ether oxygens (including phenoxy) is 1. The maximum absolute atomic E-state index is 9.98. The van der Waals surface area contributed by atoms with Crippen LogP contribution in [0, 0.1) is 28.6 Å². The topological polar surface area (TPSA) is 61.0 Å². The van der Waals surface area contributed by atoms with Gasteiger partial charge in [-0.1, -0.05) is 50.6 Å². The van der Waals surface area contributed by atoms with Crippen LogP contribution in [0.1, 0.15) is 38.7 Å². The summed E-state index contributed by atoms with van der Waals surface area (Å²) < 4.78 is 5.49. The number of nitriles is 1. The van der Waals surface area contributed by atoms with Crippen molar-refractivity contribution in [3.63, 3.8) is 0 Å². The second-order valence-corrected chi connectivity index (χ2v) is 9.17. The van der Waals surface area contributed by atoms with Crippen LogP contribution in [0.15, 0.2) is 52.3 Å². The zero-order valence-corrected chi connectivity index (χ0v) is 16.8. The maximum atomic E-state index is 9.98. The zero-order valence-electron chi connectivity index (χ0n) is 16.8. The summed E-state index contributed by atoms with van der Waals surface area (Å²) in [5.74, 6) is 0.938. The summed E-state index contributed by atoms with van der Waals surface area (Å²) in [6, 6.07) is 13.2. The molecule has 3 fully saturated rings. The van der Waals surface area contributed by atoms with E-state index < -0.39 is 5.54 Å². The Bertz CT molecular complexity index is 864. The van der Waals surface area contributed by atoms with E-state index in [2.05, 4.69) is 61.2 Å². The van der Waals surface area contributed by atoms with Crippen molar-refractivity contribution in [3.8, 4) is 6.07 Å². The zero-order chi connectivity index (χ0) is 19.4. The normalized spacial score (nSPS) is 38.5. The van der Waals surface area contributed by atoms with E-state index in [1.807, 2.05) is 0 Å². The molecule has 0 spiro atoms. The second-order valence-electron chi connectivity index (χ2n) is 9.17. The number of nitrogens with zero attached hydrogens (tertiary/aromatic N) is 4. The molecule has 5 rings (SSSR count). The van der Waals surface area contributed by atoms with Gasteiger partial charge in [-0.05, 0) is 36.3 Å². The maximum Gasteiger partial charge on any atom is 0.117 e. The molecule has 2 heterocycles. The SMILES string of the molecule is CC1(C)[C@@]2(/C=C(\C#N)N3CCOCC3)N=N[C@@]1(c1ccccc1)[C@H]1CCC[C@H]12. The number of allylic oxidation sites excluding steroid dienone is 1. The van der Waals surface area contributed by atoms with Gasteiger partial charge in [0.25, 0.3) is 0 Å². The molecule has 2 saturated carbocycles. The number of rotatable bonds is 3. The van der Waals surface area contributed by atoms with Crippen LogP contribution in [0.2, 0.25) is 0 Å². The number of azo groups is 1. The van der Waals surface area contributed by atoms with E-state index in [9.17, 15) is 5.26 Å². The van der Waals surface area contributed by atoms with Gasteiger partial charge < -0.3 is 9.64 Å². The average molecular weight is 377 g/mol. The van der Waals surface area contributed by atoms with Crippen molar-refractivity contribution < 1.29 is 4.74 Å². The molecule has 0 aromatic heterocycles. The average Bonchev–Trinajstić information content (AvgIpc) is 3.35. The highest BCUT2D eigenvalue weighted by Gasteiger charge is 2.77. The van der Waals surface area contributed by atoms with Crippen molar-refractivity contribution in [1.82, 2.24) is 4.90 Å². The third kappa shape index (κ3) is 2.05. The lowest BCUT2D eigenvalue weighted by molar-refractivity contribution is 0.0548. The molecule has 4 aliphatic rings. The van der Waals surface area contributed by atoms with Crippen LogP contribution in [0.4, 0.5) is 0 Å². The first-order chi connectivity index (χ1) is 13.6. The molecule has 28 heavy (non-hydrogen) atoms. The van der Waals surface area contributed by atoms with E-state index >= 15 is 0 Å². The third-order valence-corrected chi connectivity index (χ3v) is 7.98. The van der Waals surface area contributed by atoms with Gasteiger partial charge in [0, 0.05) is 18.5 Å². The van der Waals surface area contributed by atoms with Crippen LogP contribution in [0.3, 0.4) is 0 Å². The fourth-order valence-electron chi connectivity index (χ4n) is 6.63. The van der Waals surface area contributed by atoms with Crippen molar-refractivity contribution in [2.24, 2.45) is 27.5 Å². The molecule has 5 nitrogen and oxygen atoms in total. The summed E-state index contributed by atoms with van der Waals surface area (Å²) in [5.41, 5.74) is 1.14. The summed E-state index contributed by atoms with van der Waals surface area (Å²) >= 11 is 0. The van der Waals surface area contributed by atoms with Crippen LogP contribution in [-0.4, -0.2) is 36.7 Å². The largest absolute Gasteiger partial charge is 0.378 e.